The zero-order chi connectivity index (χ0) is 6.41. The Morgan fingerprint density at radius 3 is 2.88 bits per heavy atom. The third kappa shape index (κ3) is 3.61. The molecular formula is C5H10O2Si. The normalized spacial score (nSPS) is 8.50. The summed E-state index contributed by atoms with van der Waals surface area (Å²) < 4.78 is 4.62. The van der Waals surface area contributed by atoms with Crippen molar-refractivity contribution in [3.63, 3.8) is 0 Å². The van der Waals surface area contributed by atoms with Crippen LogP contribution in [0.4, 0.5) is 0 Å². The lowest BCUT2D eigenvalue weighted by Crippen LogP contribution is -2.00. The average molecular weight is 130 g/mol. The molecule has 0 spiro atoms. The van der Waals surface area contributed by atoms with E-state index in [1.807, 2.05) is 0 Å². The smallest absolute Gasteiger partial charge is 0.330 e. The summed E-state index contributed by atoms with van der Waals surface area (Å²) in [7, 11) is 1.09. The molecule has 0 rings (SSSR count). The molecule has 0 fully saturated rings. The second kappa shape index (κ2) is 4.58. The Hall–Kier alpha value is -0.573. The van der Waals surface area contributed by atoms with Gasteiger partial charge in [-0.05, 0) is 6.04 Å². The standard InChI is InChI=1S/C5H10O2Si/c1-2-5(6)7-3-4-8/h2H,1,3-4H2,8H3. The molecule has 0 aliphatic carbocycles. The van der Waals surface area contributed by atoms with E-state index in [0.717, 1.165) is 16.3 Å². The van der Waals surface area contributed by atoms with Crippen LogP contribution in [0.2, 0.25) is 6.04 Å². The van der Waals surface area contributed by atoms with Crippen molar-refractivity contribution in [2.75, 3.05) is 6.61 Å². The van der Waals surface area contributed by atoms with Crippen molar-refractivity contribution in [2.45, 2.75) is 6.04 Å². The van der Waals surface area contributed by atoms with Crippen LogP contribution in [0.25, 0.3) is 0 Å². The highest BCUT2D eigenvalue weighted by Gasteiger charge is 1.89. The van der Waals surface area contributed by atoms with E-state index >= 15 is 0 Å². The molecule has 0 bridgehead atoms. The zero-order valence-corrected chi connectivity index (χ0v) is 7.02. The molecule has 3 heteroatoms. The molecule has 0 aromatic carbocycles. The van der Waals surface area contributed by atoms with Crippen molar-refractivity contribution < 1.29 is 9.53 Å². The van der Waals surface area contributed by atoms with Gasteiger partial charge >= 0.3 is 5.97 Å². The molecule has 0 amide bonds. The van der Waals surface area contributed by atoms with Gasteiger partial charge in [-0.3, -0.25) is 0 Å². The van der Waals surface area contributed by atoms with Crippen molar-refractivity contribution in [3.05, 3.63) is 12.7 Å². The maximum Gasteiger partial charge on any atom is 0.330 e. The molecule has 2 nitrogen and oxygen atoms in total. The SMILES string of the molecule is C=CC(=O)OCC[SiH3]. The third-order valence-electron chi connectivity index (χ3n) is 0.615. The predicted molar refractivity (Wildman–Crippen MR) is 35.9 cm³/mol. The molecule has 0 heterocycles. The van der Waals surface area contributed by atoms with E-state index in [1.165, 1.54) is 6.08 Å². The lowest BCUT2D eigenvalue weighted by atomic mass is 10.6. The number of hydrogen-bond acceptors (Lipinski definition) is 2. The lowest BCUT2D eigenvalue weighted by Gasteiger charge is -1.94. The summed E-state index contributed by atoms with van der Waals surface area (Å²) in [6.45, 7) is 3.80. The fourth-order valence-electron chi connectivity index (χ4n) is 0.262. The predicted octanol–water partition coefficient (Wildman–Crippen LogP) is -0.501. The molecule has 46 valence electrons. The number of hydrogen-bond donors (Lipinski definition) is 0. The van der Waals surface area contributed by atoms with E-state index in [1.54, 1.807) is 0 Å². The largest absolute Gasteiger partial charge is 0.463 e. The second-order valence-electron chi connectivity index (χ2n) is 1.37. The molecule has 0 unspecified atom stereocenters. The van der Waals surface area contributed by atoms with E-state index < -0.39 is 0 Å². The summed E-state index contributed by atoms with van der Waals surface area (Å²) in [5.74, 6) is -0.319. The minimum Gasteiger partial charge on any atom is -0.463 e. The maximum absolute atomic E-state index is 10.2. The Kier molecular flexibility index (Phi) is 4.25. The average Bonchev–Trinajstić information content (AvgIpc) is 1.83. The monoisotopic (exact) mass is 130 g/mol. The van der Waals surface area contributed by atoms with Crippen molar-refractivity contribution in [1.29, 1.82) is 0 Å². The molecule has 0 atom stereocenters. The van der Waals surface area contributed by atoms with Crippen LogP contribution >= 0.6 is 0 Å². The van der Waals surface area contributed by atoms with Crippen LogP contribution in [0.5, 0.6) is 0 Å². The minimum atomic E-state index is -0.319. The first-order chi connectivity index (χ1) is 3.81. The van der Waals surface area contributed by atoms with Crippen LogP contribution in [0.1, 0.15) is 0 Å². The molecule has 0 aromatic heterocycles. The van der Waals surface area contributed by atoms with E-state index in [9.17, 15) is 4.79 Å². The Morgan fingerprint density at radius 2 is 2.50 bits per heavy atom. The summed E-state index contributed by atoms with van der Waals surface area (Å²) in [6.07, 6.45) is 1.18. The first-order valence-electron chi connectivity index (χ1n) is 2.60. The first-order valence-corrected chi connectivity index (χ1v) is 4.02. The highest BCUT2D eigenvalue weighted by atomic mass is 28.1. The van der Waals surface area contributed by atoms with Gasteiger partial charge in [0.2, 0.25) is 0 Å². The fourth-order valence-corrected chi connectivity index (χ4v) is 0.466. The molecule has 0 aromatic rings. The number of carbonyl (C=O) groups excluding carboxylic acids is 1. The fraction of sp³-hybridized carbons (Fsp3) is 0.400. The number of esters is 1. The number of rotatable bonds is 3. The van der Waals surface area contributed by atoms with E-state index in [-0.39, 0.29) is 5.97 Å². The Morgan fingerprint density at radius 1 is 1.88 bits per heavy atom. The summed E-state index contributed by atoms with van der Waals surface area (Å²) in [6, 6.07) is 1.000. The summed E-state index contributed by atoms with van der Waals surface area (Å²) in [4.78, 5) is 10.2. The van der Waals surface area contributed by atoms with Crippen LogP contribution < -0.4 is 0 Å². The molecule has 0 aliphatic rings. The van der Waals surface area contributed by atoms with Crippen LogP contribution in [0.15, 0.2) is 12.7 Å². The second-order valence-corrected chi connectivity index (χ2v) is 2.37. The molecule has 8 heavy (non-hydrogen) atoms. The topological polar surface area (TPSA) is 26.3 Å². The van der Waals surface area contributed by atoms with Gasteiger partial charge in [0.15, 0.2) is 0 Å². The van der Waals surface area contributed by atoms with Gasteiger partial charge in [-0.15, -0.1) is 0 Å². The summed E-state index contributed by atoms with van der Waals surface area (Å²) >= 11 is 0. The van der Waals surface area contributed by atoms with Crippen molar-refractivity contribution >= 4 is 16.2 Å². The van der Waals surface area contributed by atoms with E-state index in [4.69, 9.17) is 0 Å². The van der Waals surface area contributed by atoms with Gasteiger partial charge in [0.05, 0.1) is 6.61 Å². The summed E-state index contributed by atoms with van der Waals surface area (Å²) in [5, 5.41) is 0. The summed E-state index contributed by atoms with van der Waals surface area (Å²) in [5.41, 5.74) is 0. The van der Waals surface area contributed by atoms with Crippen LogP contribution in [-0.4, -0.2) is 22.8 Å². The Labute approximate surface area is 52.0 Å². The van der Waals surface area contributed by atoms with E-state index in [0.29, 0.717) is 6.61 Å². The third-order valence-corrected chi connectivity index (χ3v) is 1.02. The molecule has 0 saturated heterocycles. The van der Waals surface area contributed by atoms with Crippen LogP contribution in [0.3, 0.4) is 0 Å². The van der Waals surface area contributed by atoms with Crippen molar-refractivity contribution in [2.24, 2.45) is 0 Å². The quantitative estimate of drug-likeness (QED) is 0.292. The van der Waals surface area contributed by atoms with Gasteiger partial charge in [-0.2, -0.15) is 0 Å². The molecule has 0 radical (unpaired) electrons. The lowest BCUT2D eigenvalue weighted by molar-refractivity contribution is -0.137. The van der Waals surface area contributed by atoms with Gasteiger partial charge in [0, 0.05) is 16.3 Å². The maximum atomic E-state index is 10.2. The van der Waals surface area contributed by atoms with E-state index in [2.05, 4.69) is 11.3 Å². The highest BCUT2D eigenvalue weighted by molar-refractivity contribution is 6.08. The first kappa shape index (κ1) is 7.43. The number of ether oxygens (including phenoxy) is 1. The molecular weight excluding hydrogens is 120 g/mol. The van der Waals surface area contributed by atoms with Crippen LogP contribution in [0, 0.1) is 0 Å². The Bertz CT molecular complexity index is 90.4. The molecule has 0 saturated carbocycles. The Balaban J connectivity index is 3.11. The molecule has 0 aliphatic heterocycles. The van der Waals surface area contributed by atoms with Gasteiger partial charge < -0.3 is 4.74 Å². The van der Waals surface area contributed by atoms with Gasteiger partial charge in [-0.1, -0.05) is 6.58 Å². The minimum absolute atomic E-state index is 0.319. The van der Waals surface area contributed by atoms with Crippen molar-refractivity contribution in [1.82, 2.24) is 0 Å². The molecule has 0 N–H and O–H groups in total. The number of carbonyl (C=O) groups is 1. The highest BCUT2D eigenvalue weighted by Crippen LogP contribution is 1.79. The van der Waals surface area contributed by atoms with Crippen LogP contribution in [-0.2, 0) is 9.53 Å². The van der Waals surface area contributed by atoms with Crippen molar-refractivity contribution in [3.8, 4) is 0 Å². The van der Waals surface area contributed by atoms with Gasteiger partial charge in [-0.25, -0.2) is 4.79 Å². The van der Waals surface area contributed by atoms with Gasteiger partial charge in [0.25, 0.3) is 0 Å². The zero-order valence-electron chi connectivity index (χ0n) is 5.02. The van der Waals surface area contributed by atoms with Gasteiger partial charge in [0.1, 0.15) is 0 Å².